The highest BCUT2D eigenvalue weighted by Crippen LogP contribution is 2.29. The van der Waals surface area contributed by atoms with E-state index in [1.54, 1.807) is 6.08 Å². The summed E-state index contributed by atoms with van der Waals surface area (Å²) in [5.74, 6) is -0.193. The van der Waals surface area contributed by atoms with Crippen LogP contribution in [0.2, 0.25) is 5.15 Å². The summed E-state index contributed by atoms with van der Waals surface area (Å²) in [6.07, 6.45) is 3.56. The van der Waals surface area contributed by atoms with E-state index in [2.05, 4.69) is 10.3 Å². The Bertz CT molecular complexity index is 672. The molecule has 0 aliphatic carbocycles. The number of thioether (sulfide) groups is 1. The van der Waals surface area contributed by atoms with E-state index in [1.165, 1.54) is 23.1 Å². The monoisotopic (exact) mass is 301 g/mol. The summed E-state index contributed by atoms with van der Waals surface area (Å²) >= 11 is 13.7. The molecule has 86 valence electrons. The number of hydrogen-bond acceptors (Lipinski definition) is 5. The van der Waals surface area contributed by atoms with Crippen LogP contribution in [0.4, 0.5) is 0 Å². The molecule has 1 aliphatic heterocycles. The molecule has 8 heteroatoms. The lowest BCUT2D eigenvalue weighted by Crippen LogP contribution is -2.17. The number of thiocarbonyl (C=S) groups is 1. The fraction of sp³-hybridized carbons (Fsp3) is 0. The lowest BCUT2D eigenvalue weighted by Gasteiger charge is -1.93. The molecule has 1 fully saturated rings. The fourth-order valence-electron chi connectivity index (χ4n) is 1.45. The Balaban J connectivity index is 2.13. The van der Waals surface area contributed by atoms with Gasteiger partial charge in [-0.15, -0.1) is 11.3 Å². The second-order valence-electron chi connectivity index (χ2n) is 3.20. The van der Waals surface area contributed by atoms with E-state index in [1.807, 2.05) is 16.0 Å². The topological polar surface area (TPSA) is 46.4 Å². The van der Waals surface area contributed by atoms with Gasteiger partial charge in [-0.25, -0.2) is 4.98 Å². The van der Waals surface area contributed by atoms with Crippen molar-refractivity contribution in [2.45, 2.75) is 0 Å². The highest BCUT2D eigenvalue weighted by Gasteiger charge is 2.23. The highest BCUT2D eigenvalue weighted by atomic mass is 35.5. The summed E-state index contributed by atoms with van der Waals surface area (Å²) in [5, 5.41) is 4.85. The van der Waals surface area contributed by atoms with Crippen LogP contribution >= 0.6 is 46.9 Å². The maximum absolute atomic E-state index is 11.5. The minimum Gasteiger partial charge on any atom is -0.307 e. The van der Waals surface area contributed by atoms with Gasteiger partial charge in [0, 0.05) is 11.6 Å². The van der Waals surface area contributed by atoms with Crippen molar-refractivity contribution in [1.29, 1.82) is 0 Å². The molecule has 2 aromatic rings. The molecule has 2 aromatic heterocycles. The molecule has 1 amide bonds. The summed E-state index contributed by atoms with van der Waals surface area (Å²) in [5.41, 5.74) is 0.699. The van der Waals surface area contributed by atoms with Gasteiger partial charge in [-0.1, -0.05) is 35.6 Å². The number of carbonyl (C=O) groups excluding carboxylic acids is 1. The number of hydrogen-bond donors (Lipinski definition) is 1. The third-order valence-corrected chi connectivity index (χ3v) is 4.36. The van der Waals surface area contributed by atoms with E-state index in [0.29, 0.717) is 20.1 Å². The fourth-order valence-corrected chi connectivity index (χ4v) is 3.47. The number of nitrogens with zero attached hydrogens (tertiary/aromatic N) is 2. The summed E-state index contributed by atoms with van der Waals surface area (Å²) in [4.78, 5) is 17.1. The number of carbonyl (C=O) groups is 1. The van der Waals surface area contributed by atoms with Crippen LogP contribution in [-0.4, -0.2) is 19.6 Å². The Labute approximate surface area is 115 Å². The van der Waals surface area contributed by atoms with Gasteiger partial charge in [-0.2, -0.15) is 0 Å². The molecular formula is C9H4ClN3OS3. The number of fused-ring (bicyclic) bond motifs is 1. The first-order chi connectivity index (χ1) is 8.15. The molecule has 0 saturated carbocycles. The van der Waals surface area contributed by atoms with Crippen LogP contribution in [0.3, 0.4) is 0 Å². The van der Waals surface area contributed by atoms with Crippen molar-refractivity contribution in [3.63, 3.8) is 0 Å². The van der Waals surface area contributed by atoms with Crippen molar-refractivity contribution in [2.24, 2.45) is 0 Å². The Morgan fingerprint density at radius 3 is 3.12 bits per heavy atom. The number of nitrogens with one attached hydrogen (secondary N) is 1. The second kappa shape index (κ2) is 4.09. The average Bonchev–Trinajstić information content (AvgIpc) is 2.88. The number of amides is 1. The van der Waals surface area contributed by atoms with Gasteiger partial charge < -0.3 is 5.32 Å². The number of aromatic nitrogens is 2. The normalized spacial score (nSPS) is 18.3. The molecule has 17 heavy (non-hydrogen) atoms. The third-order valence-electron chi connectivity index (χ3n) is 2.16. The van der Waals surface area contributed by atoms with Crippen LogP contribution in [-0.2, 0) is 4.79 Å². The minimum atomic E-state index is -0.193. The first-order valence-corrected chi connectivity index (χ1v) is 6.99. The Kier molecular flexibility index (Phi) is 2.70. The summed E-state index contributed by atoms with van der Waals surface area (Å²) in [6.45, 7) is 0. The quantitative estimate of drug-likeness (QED) is 0.649. The predicted molar refractivity (Wildman–Crippen MR) is 74.4 cm³/mol. The van der Waals surface area contributed by atoms with Gasteiger partial charge in [0.05, 0.1) is 10.6 Å². The molecule has 0 spiro atoms. The van der Waals surface area contributed by atoms with E-state index in [9.17, 15) is 4.79 Å². The first kappa shape index (κ1) is 11.2. The molecule has 1 saturated heterocycles. The van der Waals surface area contributed by atoms with Crippen molar-refractivity contribution < 1.29 is 4.79 Å². The van der Waals surface area contributed by atoms with Crippen LogP contribution < -0.4 is 5.32 Å². The SMILES string of the molecule is O=C1NC(=S)S/C1=C\c1c(Cl)nc2sccn12. The van der Waals surface area contributed by atoms with Gasteiger partial charge in [-0.05, 0) is 6.08 Å². The molecule has 1 N–H and O–H groups in total. The number of halogens is 1. The Morgan fingerprint density at radius 1 is 1.59 bits per heavy atom. The third kappa shape index (κ3) is 1.89. The van der Waals surface area contributed by atoms with Crippen LogP contribution in [0.15, 0.2) is 16.5 Å². The minimum absolute atomic E-state index is 0.193. The van der Waals surface area contributed by atoms with Crippen LogP contribution in [0, 0.1) is 0 Å². The zero-order valence-corrected chi connectivity index (χ0v) is 11.3. The van der Waals surface area contributed by atoms with Crippen molar-refractivity contribution >= 4 is 68.2 Å². The number of thiazole rings is 1. The van der Waals surface area contributed by atoms with Gasteiger partial charge in [0.1, 0.15) is 4.32 Å². The van der Waals surface area contributed by atoms with Crippen LogP contribution in [0.25, 0.3) is 11.0 Å². The average molecular weight is 302 g/mol. The largest absolute Gasteiger partial charge is 0.307 e. The van der Waals surface area contributed by atoms with Crippen molar-refractivity contribution in [3.8, 4) is 0 Å². The van der Waals surface area contributed by atoms with Gasteiger partial charge in [0.2, 0.25) is 0 Å². The Morgan fingerprint density at radius 2 is 2.41 bits per heavy atom. The molecule has 4 nitrogen and oxygen atoms in total. The molecule has 0 radical (unpaired) electrons. The van der Waals surface area contributed by atoms with Gasteiger partial charge in [0.25, 0.3) is 5.91 Å². The van der Waals surface area contributed by atoms with E-state index < -0.39 is 0 Å². The van der Waals surface area contributed by atoms with E-state index in [-0.39, 0.29) is 5.91 Å². The van der Waals surface area contributed by atoms with Crippen molar-refractivity contribution in [3.05, 3.63) is 27.3 Å². The van der Waals surface area contributed by atoms with Gasteiger partial charge in [-0.3, -0.25) is 9.20 Å². The molecule has 0 aromatic carbocycles. The first-order valence-electron chi connectivity index (χ1n) is 4.51. The summed E-state index contributed by atoms with van der Waals surface area (Å²) in [6, 6.07) is 0. The maximum Gasteiger partial charge on any atom is 0.263 e. The standard InChI is InChI=1S/C9H4ClN3OS3/c10-6-4(13-1-2-16-8(13)11-6)3-5-7(14)12-9(15)17-5/h1-3H,(H,12,14,15)/b5-3-. The zero-order chi connectivity index (χ0) is 12.0. The molecule has 0 bridgehead atoms. The van der Waals surface area contributed by atoms with E-state index in [4.69, 9.17) is 23.8 Å². The van der Waals surface area contributed by atoms with Crippen LogP contribution in [0.5, 0.6) is 0 Å². The van der Waals surface area contributed by atoms with Crippen molar-refractivity contribution in [2.75, 3.05) is 0 Å². The van der Waals surface area contributed by atoms with Gasteiger partial charge in [0.15, 0.2) is 10.1 Å². The maximum atomic E-state index is 11.5. The Hall–Kier alpha value is -0.890. The molecule has 1 aliphatic rings. The smallest absolute Gasteiger partial charge is 0.263 e. The lowest BCUT2D eigenvalue weighted by atomic mass is 10.4. The van der Waals surface area contributed by atoms with E-state index in [0.717, 1.165) is 4.96 Å². The van der Waals surface area contributed by atoms with E-state index >= 15 is 0 Å². The summed E-state index contributed by atoms with van der Waals surface area (Å²) < 4.78 is 2.30. The number of imidazole rings is 1. The highest BCUT2D eigenvalue weighted by molar-refractivity contribution is 8.26. The summed E-state index contributed by atoms with van der Waals surface area (Å²) in [7, 11) is 0. The zero-order valence-electron chi connectivity index (χ0n) is 8.14. The molecule has 3 rings (SSSR count). The second-order valence-corrected chi connectivity index (χ2v) is 6.15. The van der Waals surface area contributed by atoms with Gasteiger partial charge >= 0.3 is 0 Å². The van der Waals surface area contributed by atoms with Crippen LogP contribution in [0.1, 0.15) is 5.69 Å². The molecule has 0 atom stereocenters. The van der Waals surface area contributed by atoms with Crippen molar-refractivity contribution in [1.82, 2.24) is 14.7 Å². The lowest BCUT2D eigenvalue weighted by molar-refractivity contribution is -0.115. The molecule has 3 heterocycles. The molecular weight excluding hydrogens is 298 g/mol. The molecule has 0 unspecified atom stereocenters. The number of rotatable bonds is 1. The predicted octanol–water partition coefficient (Wildman–Crippen LogP) is 2.54.